The van der Waals surface area contributed by atoms with Crippen LogP contribution in [-0.2, 0) is 0 Å². The fourth-order valence-electron chi connectivity index (χ4n) is 1.55. The number of pyridine rings is 1. The maximum atomic E-state index is 9.71. The van der Waals surface area contributed by atoms with Crippen LogP contribution in [0.25, 0.3) is 11.3 Å². The maximum Gasteiger partial charge on any atom is 0.141 e. The van der Waals surface area contributed by atoms with E-state index < -0.39 is 0 Å². The first kappa shape index (κ1) is 11.7. The third-order valence-electron chi connectivity index (χ3n) is 2.29. The minimum absolute atomic E-state index is 0.110. The summed E-state index contributed by atoms with van der Waals surface area (Å²) in [6.45, 7) is 2.50. The van der Waals surface area contributed by atoms with Gasteiger partial charge in [0, 0.05) is 11.8 Å². The van der Waals surface area contributed by atoms with Crippen LogP contribution in [0.3, 0.4) is 0 Å². The van der Waals surface area contributed by atoms with Gasteiger partial charge in [-0.05, 0) is 37.3 Å². The van der Waals surface area contributed by atoms with Crippen molar-refractivity contribution in [2.45, 2.75) is 6.92 Å². The predicted molar refractivity (Wildman–Crippen MR) is 67.5 cm³/mol. The van der Waals surface area contributed by atoms with Crippen LogP contribution in [0, 0.1) is 0 Å². The zero-order chi connectivity index (χ0) is 12.3. The molecule has 88 valence electrons. The smallest absolute Gasteiger partial charge is 0.141 e. The number of aromatic nitrogens is 1. The Balaban J connectivity index is 2.44. The summed E-state index contributed by atoms with van der Waals surface area (Å²) in [5, 5.41) is 10.2. The Morgan fingerprint density at radius 1 is 1.35 bits per heavy atom. The average Bonchev–Trinajstić information content (AvgIpc) is 2.31. The van der Waals surface area contributed by atoms with E-state index in [0.29, 0.717) is 28.6 Å². The Kier molecular flexibility index (Phi) is 3.49. The number of hydrogen-bond acceptors (Lipinski definition) is 3. The zero-order valence-electron chi connectivity index (χ0n) is 9.35. The number of aromatic hydroxyl groups is 1. The molecule has 0 atom stereocenters. The fraction of sp³-hybridized carbons (Fsp3) is 0.154. The quantitative estimate of drug-likeness (QED) is 0.905. The van der Waals surface area contributed by atoms with Gasteiger partial charge in [0.25, 0.3) is 0 Å². The lowest BCUT2D eigenvalue weighted by Gasteiger charge is -2.08. The second kappa shape index (κ2) is 5.06. The normalized spacial score (nSPS) is 10.2. The molecule has 0 aliphatic rings. The molecule has 0 spiro atoms. The van der Waals surface area contributed by atoms with E-state index in [4.69, 9.17) is 16.3 Å². The third-order valence-corrected chi connectivity index (χ3v) is 2.61. The molecule has 0 unspecified atom stereocenters. The summed E-state index contributed by atoms with van der Waals surface area (Å²) >= 11 is 6.14. The number of halogens is 1. The minimum atomic E-state index is 0.110. The van der Waals surface area contributed by atoms with Crippen LogP contribution in [0.15, 0.2) is 36.5 Å². The molecular formula is C13H12ClNO2. The summed E-state index contributed by atoms with van der Waals surface area (Å²) in [7, 11) is 0. The van der Waals surface area contributed by atoms with Gasteiger partial charge in [-0.1, -0.05) is 11.6 Å². The molecule has 1 aromatic heterocycles. The van der Waals surface area contributed by atoms with Crippen LogP contribution >= 0.6 is 11.6 Å². The number of benzene rings is 1. The summed E-state index contributed by atoms with van der Waals surface area (Å²) in [5.74, 6) is 0.815. The first-order valence-electron chi connectivity index (χ1n) is 5.29. The molecule has 2 rings (SSSR count). The molecule has 3 nitrogen and oxygen atoms in total. The molecule has 0 radical (unpaired) electrons. The van der Waals surface area contributed by atoms with E-state index in [1.165, 1.54) is 0 Å². The van der Waals surface area contributed by atoms with Gasteiger partial charge in [0.15, 0.2) is 0 Å². The molecule has 0 bridgehead atoms. The highest BCUT2D eigenvalue weighted by Crippen LogP contribution is 2.34. The molecule has 1 aromatic carbocycles. The molecule has 0 saturated carbocycles. The standard InChI is InChI=1S/C13H12ClNO2/c1-2-17-9-5-6-10(11(14)8-9)13-12(16)4-3-7-15-13/h3-8,16H,2H2,1H3. The van der Waals surface area contributed by atoms with Crippen LogP contribution in [0.4, 0.5) is 0 Å². The van der Waals surface area contributed by atoms with E-state index in [1.54, 1.807) is 36.5 Å². The lowest BCUT2D eigenvalue weighted by atomic mass is 10.1. The Bertz CT molecular complexity index is 529. The molecule has 2 aromatic rings. The van der Waals surface area contributed by atoms with E-state index in [0.717, 1.165) is 0 Å². The molecule has 4 heteroatoms. The molecule has 1 heterocycles. The van der Waals surface area contributed by atoms with Crippen molar-refractivity contribution in [3.05, 3.63) is 41.6 Å². The van der Waals surface area contributed by atoms with Crippen LogP contribution < -0.4 is 4.74 Å². The lowest BCUT2D eigenvalue weighted by molar-refractivity contribution is 0.340. The minimum Gasteiger partial charge on any atom is -0.506 e. The van der Waals surface area contributed by atoms with Gasteiger partial charge in [-0.3, -0.25) is 4.98 Å². The molecule has 0 saturated heterocycles. The molecule has 0 aliphatic heterocycles. The number of nitrogens with zero attached hydrogens (tertiary/aromatic N) is 1. The van der Waals surface area contributed by atoms with Crippen LogP contribution in [-0.4, -0.2) is 16.7 Å². The van der Waals surface area contributed by atoms with Crippen LogP contribution in [0.2, 0.25) is 5.02 Å². The van der Waals surface area contributed by atoms with Crippen molar-refractivity contribution < 1.29 is 9.84 Å². The summed E-state index contributed by atoms with van der Waals surface area (Å²) in [6.07, 6.45) is 1.61. The van der Waals surface area contributed by atoms with Gasteiger partial charge in [-0.2, -0.15) is 0 Å². The fourth-order valence-corrected chi connectivity index (χ4v) is 1.81. The SMILES string of the molecule is CCOc1ccc(-c2ncccc2O)c(Cl)c1. The van der Waals surface area contributed by atoms with Crippen molar-refractivity contribution in [1.29, 1.82) is 0 Å². The van der Waals surface area contributed by atoms with E-state index in [2.05, 4.69) is 4.98 Å². The molecule has 0 fully saturated rings. The van der Waals surface area contributed by atoms with E-state index >= 15 is 0 Å². The van der Waals surface area contributed by atoms with Crippen LogP contribution in [0.5, 0.6) is 11.5 Å². The highest BCUT2D eigenvalue weighted by molar-refractivity contribution is 6.33. The summed E-state index contributed by atoms with van der Waals surface area (Å²) in [6, 6.07) is 8.55. The molecule has 17 heavy (non-hydrogen) atoms. The van der Waals surface area contributed by atoms with Crippen molar-refractivity contribution >= 4 is 11.6 Å². The second-order valence-electron chi connectivity index (χ2n) is 3.45. The average molecular weight is 250 g/mol. The van der Waals surface area contributed by atoms with Gasteiger partial charge >= 0.3 is 0 Å². The third kappa shape index (κ3) is 2.50. The van der Waals surface area contributed by atoms with Crippen LogP contribution in [0.1, 0.15) is 6.92 Å². The number of rotatable bonds is 3. The first-order chi connectivity index (χ1) is 8.22. The predicted octanol–water partition coefficient (Wildman–Crippen LogP) is 3.51. The highest BCUT2D eigenvalue weighted by atomic mass is 35.5. The van der Waals surface area contributed by atoms with Crippen molar-refractivity contribution in [1.82, 2.24) is 4.98 Å². The highest BCUT2D eigenvalue weighted by Gasteiger charge is 2.10. The monoisotopic (exact) mass is 249 g/mol. The van der Waals surface area contributed by atoms with Gasteiger partial charge in [0.2, 0.25) is 0 Å². The van der Waals surface area contributed by atoms with Crippen molar-refractivity contribution in [3.8, 4) is 22.8 Å². The summed E-state index contributed by atoms with van der Waals surface area (Å²) in [4.78, 5) is 4.11. The zero-order valence-corrected chi connectivity index (χ0v) is 10.1. The van der Waals surface area contributed by atoms with Crippen molar-refractivity contribution in [2.75, 3.05) is 6.61 Å². The number of hydrogen-bond donors (Lipinski definition) is 1. The van der Waals surface area contributed by atoms with E-state index in [1.807, 2.05) is 6.92 Å². The van der Waals surface area contributed by atoms with Gasteiger partial charge in [0.1, 0.15) is 17.2 Å². The van der Waals surface area contributed by atoms with Crippen molar-refractivity contribution in [2.24, 2.45) is 0 Å². The van der Waals surface area contributed by atoms with Crippen molar-refractivity contribution in [3.63, 3.8) is 0 Å². The maximum absolute atomic E-state index is 9.71. The molecule has 0 amide bonds. The van der Waals surface area contributed by atoms with Gasteiger partial charge in [-0.15, -0.1) is 0 Å². The van der Waals surface area contributed by atoms with Gasteiger partial charge in [-0.25, -0.2) is 0 Å². The Morgan fingerprint density at radius 2 is 2.18 bits per heavy atom. The largest absolute Gasteiger partial charge is 0.506 e. The van der Waals surface area contributed by atoms with Gasteiger partial charge < -0.3 is 9.84 Å². The first-order valence-corrected chi connectivity index (χ1v) is 5.67. The Hall–Kier alpha value is -1.74. The molecule has 1 N–H and O–H groups in total. The number of ether oxygens (including phenoxy) is 1. The topological polar surface area (TPSA) is 42.4 Å². The lowest BCUT2D eigenvalue weighted by Crippen LogP contribution is -1.92. The molecular weight excluding hydrogens is 238 g/mol. The van der Waals surface area contributed by atoms with E-state index in [-0.39, 0.29) is 5.75 Å². The molecule has 0 aliphatic carbocycles. The Morgan fingerprint density at radius 3 is 2.82 bits per heavy atom. The summed E-state index contributed by atoms with van der Waals surface area (Å²) < 4.78 is 5.34. The van der Waals surface area contributed by atoms with Gasteiger partial charge in [0.05, 0.1) is 11.6 Å². The van der Waals surface area contributed by atoms with E-state index in [9.17, 15) is 5.11 Å². The Labute approximate surface area is 105 Å². The second-order valence-corrected chi connectivity index (χ2v) is 3.85. The summed E-state index contributed by atoms with van der Waals surface area (Å²) in [5.41, 5.74) is 1.16.